The third-order valence-corrected chi connectivity index (χ3v) is 6.39. The van der Waals surface area contributed by atoms with E-state index in [9.17, 15) is 4.39 Å². The van der Waals surface area contributed by atoms with Crippen LogP contribution in [0.2, 0.25) is 0 Å². The molecule has 1 aliphatic rings. The molecule has 35 heavy (non-hydrogen) atoms. The molecule has 2 aromatic carbocycles. The third-order valence-electron chi connectivity index (χ3n) is 6.39. The van der Waals surface area contributed by atoms with Crippen LogP contribution in [0.1, 0.15) is 37.7 Å². The minimum Gasteiger partial charge on any atom is -0.368 e. The first-order valence-corrected chi connectivity index (χ1v) is 12.0. The van der Waals surface area contributed by atoms with Crippen molar-refractivity contribution >= 4 is 28.0 Å². The number of halogens is 1. The lowest BCUT2D eigenvalue weighted by molar-refractivity contribution is -0.0298. The Labute approximate surface area is 201 Å². The van der Waals surface area contributed by atoms with E-state index in [1.807, 2.05) is 39.5 Å². The highest BCUT2D eigenvalue weighted by Gasteiger charge is 2.20. The van der Waals surface area contributed by atoms with Crippen molar-refractivity contribution in [2.24, 2.45) is 0 Å². The standard InChI is InChI=1S/C26H26FN7O/c27-18-11-12-20-21(15-18)34(19-7-2-1-3-8-19)22(32-20)9-6-13-28-25-24-26(30-16-29-25)33(17-31-24)23-10-4-5-14-35-23/h1-3,7-8,11-12,15-17,23H,4-6,9-10,13-14H2,(H,28,29,30)/t23-/m0/s1. The highest BCUT2D eigenvalue weighted by Crippen LogP contribution is 2.27. The summed E-state index contributed by atoms with van der Waals surface area (Å²) >= 11 is 0. The number of imidazole rings is 2. The van der Waals surface area contributed by atoms with E-state index in [1.165, 1.54) is 6.07 Å². The van der Waals surface area contributed by atoms with Gasteiger partial charge >= 0.3 is 0 Å². The van der Waals surface area contributed by atoms with Crippen LogP contribution in [0.25, 0.3) is 27.9 Å². The van der Waals surface area contributed by atoms with E-state index < -0.39 is 0 Å². The summed E-state index contributed by atoms with van der Waals surface area (Å²) in [5, 5.41) is 3.41. The van der Waals surface area contributed by atoms with Crippen LogP contribution < -0.4 is 5.32 Å². The maximum atomic E-state index is 14.0. The van der Waals surface area contributed by atoms with E-state index in [0.717, 1.165) is 72.4 Å². The van der Waals surface area contributed by atoms with E-state index in [2.05, 4.69) is 20.3 Å². The van der Waals surface area contributed by atoms with Gasteiger partial charge in [0.2, 0.25) is 0 Å². The van der Waals surface area contributed by atoms with Gasteiger partial charge < -0.3 is 10.1 Å². The molecule has 0 saturated carbocycles. The molecule has 4 heterocycles. The second kappa shape index (κ2) is 9.42. The van der Waals surface area contributed by atoms with Crippen molar-refractivity contribution < 1.29 is 9.13 Å². The molecule has 178 valence electrons. The Morgan fingerprint density at radius 3 is 2.83 bits per heavy atom. The van der Waals surface area contributed by atoms with Crippen LogP contribution in [0.4, 0.5) is 10.2 Å². The molecule has 9 heteroatoms. The summed E-state index contributed by atoms with van der Waals surface area (Å²) in [6.07, 6.45) is 8.07. The van der Waals surface area contributed by atoms with E-state index >= 15 is 0 Å². The molecule has 3 aromatic heterocycles. The van der Waals surface area contributed by atoms with E-state index in [4.69, 9.17) is 9.72 Å². The van der Waals surface area contributed by atoms with Gasteiger partial charge in [0.1, 0.15) is 24.2 Å². The summed E-state index contributed by atoms with van der Waals surface area (Å²) < 4.78 is 24.0. The molecular weight excluding hydrogens is 445 g/mol. The number of para-hydroxylation sites is 1. The summed E-state index contributed by atoms with van der Waals surface area (Å²) in [5.74, 6) is 1.34. The maximum absolute atomic E-state index is 14.0. The zero-order valence-electron chi connectivity index (χ0n) is 19.3. The van der Waals surface area contributed by atoms with Crippen molar-refractivity contribution in [1.82, 2.24) is 29.1 Å². The highest BCUT2D eigenvalue weighted by atomic mass is 19.1. The Balaban J connectivity index is 1.19. The van der Waals surface area contributed by atoms with Gasteiger partial charge in [-0.25, -0.2) is 24.3 Å². The average Bonchev–Trinajstić information content (AvgIpc) is 3.49. The van der Waals surface area contributed by atoms with Crippen LogP contribution in [0.15, 0.2) is 61.2 Å². The predicted molar refractivity (Wildman–Crippen MR) is 132 cm³/mol. The van der Waals surface area contributed by atoms with Crippen LogP contribution in [0, 0.1) is 5.82 Å². The van der Waals surface area contributed by atoms with Gasteiger partial charge in [0.05, 0.1) is 17.4 Å². The lowest BCUT2D eigenvalue weighted by Crippen LogP contribution is -2.17. The monoisotopic (exact) mass is 471 g/mol. The second-order valence-corrected chi connectivity index (χ2v) is 8.73. The van der Waals surface area contributed by atoms with Gasteiger partial charge in [-0.2, -0.15) is 0 Å². The number of fused-ring (bicyclic) bond motifs is 2. The molecule has 8 nitrogen and oxygen atoms in total. The zero-order valence-corrected chi connectivity index (χ0v) is 19.3. The molecule has 1 saturated heterocycles. The third kappa shape index (κ3) is 4.23. The fourth-order valence-electron chi connectivity index (χ4n) is 4.72. The molecule has 0 bridgehead atoms. The van der Waals surface area contributed by atoms with Gasteiger partial charge in [-0.05, 0) is 49.9 Å². The van der Waals surface area contributed by atoms with Crippen molar-refractivity contribution in [2.45, 2.75) is 38.3 Å². The maximum Gasteiger partial charge on any atom is 0.167 e. The quantitative estimate of drug-likeness (QED) is 0.335. The summed E-state index contributed by atoms with van der Waals surface area (Å²) in [6.45, 7) is 1.45. The molecule has 1 N–H and O–H groups in total. The Kier molecular flexibility index (Phi) is 5.83. The average molecular weight is 472 g/mol. The van der Waals surface area contributed by atoms with Crippen LogP contribution in [-0.2, 0) is 11.2 Å². The number of aromatic nitrogens is 6. The van der Waals surface area contributed by atoms with Gasteiger partial charge in [0.15, 0.2) is 17.0 Å². The zero-order chi connectivity index (χ0) is 23.6. The molecular formula is C26H26FN7O. The minimum absolute atomic E-state index is 0.0210. The van der Waals surface area contributed by atoms with Gasteiger partial charge in [-0.15, -0.1) is 0 Å². The van der Waals surface area contributed by atoms with Crippen LogP contribution in [0.5, 0.6) is 0 Å². The first kappa shape index (κ1) is 21.7. The molecule has 6 rings (SSSR count). The number of hydrogen-bond donors (Lipinski definition) is 1. The fraction of sp³-hybridized carbons (Fsp3) is 0.308. The number of anilines is 1. The van der Waals surface area contributed by atoms with Crippen molar-refractivity contribution in [1.29, 1.82) is 0 Å². The first-order valence-electron chi connectivity index (χ1n) is 12.0. The number of hydrogen-bond acceptors (Lipinski definition) is 6. The van der Waals surface area contributed by atoms with Gasteiger partial charge in [0, 0.05) is 31.3 Å². The smallest absolute Gasteiger partial charge is 0.167 e. The lowest BCUT2D eigenvalue weighted by Gasteiger charge is -2.23. The summed E-state index contributed by atoms with van der Waals surface area (Å²) in [4.78, 5) is 18.2. The van der Waals surface area contributed by atoms with Crippen molar-refractivity contribution in [3.05, 3.63) is 72.8 Å². The molecule has 0 aliphatic carbocycles. The molecule has 1 atom stereocenters. The van der Waals surface area contributed by atoms with E-state index in [-0.39, 0.29) is 12.0 Å². The SMILES string of the molecule is Fc1ccc2nc(CCCNc3ncnc4c3ncn4[C@@H]3CCCCO3)n(-c3ccccc3)c2c1. The lowest BCUT2D eigenvalue weighted by atomic mass is 10.2. The Hall–Kier alpha value is -3.85. The molecule has 0 amide bonds. The first-order chi connectivity index (χ1) is 17.3. The number of nitrogens with one attached hydrogen (secondary N) is 1. The van der Waals surface area contributed by atoms with Crippen LogP contribution >= 0.6 is 0 Å². The van der Waals surface area contributed by atoms with Gasteiger partial charge in [0.25, 0.3) is 0 Å². The number of nitrogens with zero attached hydrogens (tertiary/aromatic N) is 6. The van der Waals surface area contributed by atoms with Crippen molar-refractivity contribution in [2.75, 3.05) is 18.5 Å². The molecule has 1 fully saturated rings. The second-order valence-electron chi connectivity index (χ2n) is 8.73. The Morgan fingerprint density at radius 2 is 1.97 bits per heavy atom. The number of ether oxygens (including phenoxy) is 1. The van der Waals surface area contributed by atoms with Gasteiger partial charge in [-0.1, -0.05) is 18.2 Å². The predicted octanol–water partition coefficient (Wildman–Crippen LogP) is 5.05. The molecule has 0 unspecified atom stereocenters. The Morgan fingerprint density at radius 1 is 1.06 bits per heavy atom. The van der Waals surface area contributed by atoms with Crippen LogP contribution in [-0.4, -0.2) is 42.2 Å². The number of aryl methyl sites for hydroxylation is 1. The largest absolute Gasteiger partial charge is 0.368 e. The van der Waals surface area contributed by atoms with Crippen molar-refractivity contribution in [3.8, 4) is 5.69 Å². The molecule has 5 aromatic rings. The highest BCUT2D eigenvalue weighted by molar-refractivity contribution is 5.82. The van der Waals surface area contributed by atoms with Gasteiger partial charge in [-0.3, -0.25) is 9.13 Å². The van der Waals surface area contributed by atoms with E-state index in [0.29, 0.717) is 12.4 Å². The van der Waals surface area contributed by atoms with Crippen LogP contribution in [0.3, 0.4) is 0 Å². The number of benzene rings is 2. The molecule has 1 aliphatic heterocycles. The Bertz CT molecular complexity index is 1460. The molecule has 0 radical (unpaired) electrons. The summed E-state index contributed by atoms with van der Waals surface area (Å²) in [7, 11) is 0. The summed E-state index contributed by atoms with van der Waals surface area (Å²) in [6, 6.07) is 14.7. The number of rotatable bonds is 7. The topological polar surface area (TPSA) is 82.7 Å². The molecule has 0 spiro atoms. The normalized spacial score (nSPS) is 16.2. The summed E-state index contributed by atoms with van der Waals surface area (Å²) in [5.41, 5.74) is 4.05. The van der Waals surface area contributed by atoms with Crippen molar-refractivity contribution in [3.63, 3.8) is 0 Å². The van der Waals surface area contributed by atoms with E-state index in [1.54, 1.807) is 24.8 Å². The minimum atomic E-state index is -0.270. The fourth-order valence-corrected chi connectivity index (χ4v) is 4.72.